The molecule has 0 spiro atoms. The van der Waals surface area contributed by atoms with Gasteiger partial charge < -0.3 is 9.47 Å². The number of aromatic nitrogens is 2. The first-order chi connectivity index (χ1) is 14.0. The van der Waals surface area contributed by atoms with E-state index in [0.717, 1.165) is 4.57 Å². The van der Waals surface area contributed by atoms with Crippen molar-refractivity contribution in [3.8, 4) is 0 Å². The summed E-state index contributed by atoms with van der Waals surface area (Å²) < 4.78 is 26.2. The van der Waals surface area contributed by atoms with Crippen molar-refractivity contribution >= 4 is 11.9 Å². The van der Waals surface area contributed by atoms with Gasteiger partial charge >= 0.3 is 17.6 Å². The molecule has 2 aliphatic rings. The van der Waals surface area contributed by atoms with Crippen LogP contribution in [0.15, 0.2) is 64.3 Å². The Hall–Kier alpha value is -4.01. The number of nitrogens with zero attached hydrogens (tertiary/aromatic N) is 2. The molecule has 2 atom stereocenters. The lowest BCUT2D eigenvalue weighted by Crippen LogP contribution is -2.45. The zero-order valence-electron chi connectivity index (χ0n) is 14.6. The van der Waals surface area contributed by atoms with Gasteiger partial charge in [0.1, 0.15) is 0 Å². The van der Waals surface area contributed by atoms with E-state index in [1.165, 1.54) is 18.2 Å². The molecular formula is C20H11FN2O6. The zero-order valence-corrected chi connectivity index (χ0v) is 14.6. The number of cyclic esters (lactones) is 2. The molecule has 1 aromatic heterocycles. The fourth-order valence-corrected chi connectivity index (χ4v) is 3.59. The second kappa shape index (κ2) is 5.99. The molecule has 2 aliphatic heterocycles. The number of ether oxygens (including phenoxy) is 2. The predicted octanol–water partition coefficient (Wildman–Crippen LogP) is 1.58. The van der Waals surface area contributed by atoms with Crippen LogP contribution < -0.4 is 11.2 Å². The van der Waals surface area contributed by atoms with Crippen molar-refractivity contribution in [3.05, 3.63) is 104 Å². The molecule has 8 nitrogen and oxygen atoms in total. The fraction of sp³-hybridized carbons (Fsp3) is 0.100. The molecule has 9 heteroatoms. The quantitative estimate of drug-likeness (QED) is 0.613. The highest BCUT2D eigenvalue weighted by Gasteiger charge is 2.38. The summed E-state index contributed by atoms with van der Waals surface area (Å²) in [6.45, 7) is 0. The third-order valence-electron chi connectivity index (χ3n) is 4.92. The van der Waals surface area contributed by atoms with Gasteiger partial charge in [-0.25, -0.2) is 19.0 Å². The Balaban J connectivity index is 1.72. The molecule has 3 heterocycles. The predicted molar refractivity (Wildman–Crippen MR) is 94.9 cm³/mol. The third-order valence-corrected chi connectivity index (χ3v) is 4.92. The topological polar surface area (TPSA) is 96.6 Å². The van der Waals surface area contributed by atoms with E-state index < -0.39 is 41.5 Å². The Bertz CT molecular complexity index is 1330. The summed E-state index contributed by atoms with van der Waals surface area (Å²) in [5.74, 6) is -2.66. The van der Waals surface area contributed by atoms with E-state index in [0.29, 0.717) is 16.3 Å². The van der Waals surface area contributed by atoms with Crippen LogP contribution in [0.4, 0.5) is 4.39 Å². The summed E-state index contributed by atoms with van der Waals surface area (Å²) >= 11 is 0. The number of esters is 2. The molecule has 5 rings (SSSR count). The van der Waals surface area contributed by atoms with Crippen LogP contribution in [0.2, 0.25) is 0 Å². The first-order valence-electron chi connectivity index (χ1n) is 8.60. The van der Waals surface area contributed by atoms with Crippen molar-refractivity contribution in [1.82, 2.24) is 9.13 Å². The van der Waals surface area contributed by atoms with Crippen molar-refractivity contribution in [3.63, 3.8) is 0 Å². The number of hydrogen-bond donors (Lipinski definition) is 0. The first kappa shape index (κ1) is 17.1. The average molecular weight is 394 g/mol. The van der Waals surface area contributed by atoms with Crippen LogP contribution in [0.3, 0.4) is 0 Å². The molecule has 3 aromatic rings. The Morgan fingerprint density at radius 3 is 1.90 bits per heavy atom. The lowest BCUT2D eigenvalue weighted by molar-refractivity contribution is 0.0240. The molecule has 144 valence electrons. The van der Waals surface area contributed by atoms with Gasteiger partial charge in [-0.3, -0.25) is 9.36 Å². The number of hydrogen-bond acceptors (Lipinski definition) is 6. The maximum atomic E-state index is 14.5. The van der Waals surface area contributed by atoms with Crippen LogP contribution >= 0.6 is 0 Å². The summed E-state index contributed by atoms with van der Waals surface area (Å²) in [5.41, 5.74) is -1.21. The van der Waals surface area contributed by atoms with Gasteiger partial charge in [0.15, 0.2) is 0 Å². The van der Waals surface area contributed by atoms with Crippen molar-refractivity contribution in [1.29, 1.82) is 0 Å². The molecule has 0 radical (unpaired) electrons. The summed E-state index contributed by atoms with van der Waals surface area (Å²) in [4.78, 5) is 49.8. The Morgan fingerprint density at radius 2 is 1.28 bits per heavy atom. The second-order valence-corrected chi connectivity index (χ2v) is 6.53. The molecule has 0 N–H and O–H groups in total. The number of carbonyl (C=O) groups excluding carboxylic acids is 2. The first-order valence-corrected chi connectivity index (χ1v) is 8.60. The maximum absolute atomic E-state index is 14.5. The fourth-order valence-electron chi connectivity index (χ4n) is 3.59. The highest BCUT2D eigenvalue weighted by atomic mass is 19.1. The van der Waals surface area contributed by atoms with Crippen LogP contribution in [0, 0.1) is 5.82 Å². The summed E-state index contributed by atoms with van der Waals surface area (Å²) in [6.07, 6.45) is -1.99. The largest absolute Gasteiger partial charge is 0.433 e. The third kappa shape index (κ3) is 2.37. The minimum atomic E-state index is -1.42. The summed E-state index contributed by atoms with van der Waals surface area (Å²) in [7, 11) is 0. The number of halogens is 1. The molecule has 0 amide bonds. The SMILES string of the molecule is O=C1OC(n2cc(F)c(=O)n(C3OC(=O)c4ccccc43)c2=O)c2ccccc21. The highest BCUT2D eigenvalue weighted by molar-refractivity contribution is 5.94. The van der Waals surface area contributed by atoms with Crippen molar-refractivity contribution in [2.45, 2.75) is 12.5 Å². The molecule has 0 aliphatic carbocycles. The summed E-state index contributed by atoms with van der Waals surface area (Å²) in [5, 5.41) is 0. The average Bonchev–Trinajstić information content (AvgIpc) is 3.23. The molecule has 0 saturated heterocycles. The van der Waals surface area contributed by atoms with Crippen molar-refractivity contribution < 1.29 is 23.5 Å². The molecule has 2 aromatic carbocycles. The van der Waals surface area contributed by atoms with Crippen LogP contribution in [0.1, 0.15) is 44.3 Å². The highest BCUT2D eigenvalue weighted by Crippen LogP contribution is 2.32. The maximum Gasteiger partial charge on any atom is 0.340 e. The van der Waals surface area contributed by atoms with Crippen molar-refractivity contribution in [2.75, 3.05) is 0 Å². The lowest BCUT2D eigenvalue weighted by atomic mass is 10.1. The van der Waals surface area contributed by atoms with Gasteiger partial charge in [-0.2, -0.15) is 4.39 Å². The monoisotopic (exact) mass is 394 g/mol. The van der Waals surface area contributed by atoms with E-state index in [4.69, 9.17) is 9.47 Å². The van der Waals surface area contributed by atoms with Crippen molar-refractivity contribution in [2.24, 2.45) is 0 Å². The zero-order chi connectivity index (χ0) is 20.3. The van der Waals surface area contributed by atoms with E-state index in [2.05, 4.69) is 0 Å². The smallest absolute Gasteiger partial charge is 0.340 e. The lowest BCUT2D eigenvalue weighted by Gasteiger charge is -2.19. The normalized spacial score (nSPS) is 19.5. The van der Waals surface area contributed by atoms with Gasteiger partial charge in [0.2, 0.25) is 18.3 Å². The Morgan fingerprint density at radius 1 is 0.759 bits per heavy atom. The van der Waals surface area contributed by atoms with Gasteiger partial charge in [-0.1, -0.05) is 36.4 Å². The van der Waals surface area contributed by atoms with E-state index in [9.17, 15) is 23.6 Å². The van der Waals surface area contributed by atoms with Crippen LogP contribution in [0.5, 0.6) is 0 Å². The number of rotatable bonds is 2. The standard InChI is InChI=1S/C20H11FN2O6/c21-14-9-22(16-10-5-1-3-7-12(10)18(25)28-16)20(27)23(15(14)24)17-11-6-2-4-8-13(11)19(26)29-17/h1-9,16-17H. The van der Waals surface area contributed by atoms with Gasteiger partial charge in [0.05, 0.1) is 17.3 Å². The molecule has 0 bridgehead atoms. The number of benzene rings is 2. The van der Waals surface area contributed by atoms with Gasteiger partial charge in [0, 0.05) is 11.1 Å². The number of fused-ring (bicyclic) bond motifs is 2. The minimum Gasteiger partial charge on any atom is -0.433 e. The Labute approximate surface area is 161 Å². The van der Waals surface area contributed by atoms with Gasteiger partial charge in [0.25, 0.3) is 5.56 Å². The van der Waals surface area contributed by atoms with Crippen LogP contribution in [-0.2, 0) is 9.47 Å². The summed E-state index contributed by atoms with van der Waals surface area (Å²) in [6, 6.07) is 12.5. The molecule has 0 fully saturated rings. The minimum absolute atomic E-state index is 0.178. The van der Waals surface area contributed by atoms with E-state index in [-0.39, 0.29) is 16.7 Å². The van der Waals surface area contributed by atoms with Gasteiger partial charge in [-0.05, 0) is 12.1 Å². The molecular weight excluding hydrogens is 383 g/mol. The van der Waals surface area contributed by atoms with E-state index in [1.807, 2.05) is 0 Å². The molecule has 0 saturated carbocycles. The molecule has 2 unspecified atom stereocenters. The van der Waals surface area contributed by atoms with E-state index >= 15 is 0 Å². The van der Waals surface area contributed by atoms with E-state index in [1.54, 1.807) is 30.3 Å². The number of carbonyl (C=O) groups is 2. The van der Waals surface area contributed by atoms with Crippen LogP contribution in [-0.4, -0.2) is 21.1 Å². The molecule has 29 heavy (non-hydrogen) atoms. The Kier molecular flexibility index (Phi) is 3.54. The second-order valence-electron chi connectivity index (χ2n) is 6.53. The van der Waals surface area contributed by atoms with Crippen LogP contribution in [0.25, 0.3) is 0 Å². The van der Waals surface area contributed by atoms with Gasteiger partial charge in [-0.15, -0.1) is 0 Å².